The molecule has 1 aromatic rings. The van der Waals surface area contributed by atoms with Crippen molar-refractivity contribution >= 4 is 24.1 Å². The molecule has 0 fully saturated rings. The molecule has 12 heteroatoms. The summed E-state index contributed by atoms with van der Waals surface area (Å²) >= 11 is 0. The Morgan fingerprint density at radius 1 is 1.12 bits per heavy atom. The summed E-state index contributed by atoms with van der Waals surface area (Å²) in [6, 6.07) is 3.60. The van der Waals surface area contributed by atoms with Crippen LogP contribution in [0.2, 0.25) is 0 Å². The minimum absolute atomic E-state index is 0.116. The lowest BCUT2D eigenvalue weighted by atomic mass is 10.2. The van der Waals surface area contributed by atoms with Gasteiger partial charge in [-0.15, -0.1) is 18.0 Å². The van der Waals surface area contributed by atoms with Gasteiger partial charge < -0.3 is 10.3 Å². The molecule has 0 heterocycles. The van der Waals surface area contributed by atoms with Gasteiger partial charge in [0.15, 0.2) is 0 Å². The third-order valence-corrected chi connectivity index (χ3v) is 7.53. The van der Waals surface area contributed by atoms with Crippen LogP contribution in [-0.2, 0) is 19.7 Å². The minimum Gasteiger partial charge on any atom is -0.404 e. The predicted octanol–water partition coefficient (Wildman–Crippen LogP) is 2.94. The second-order valence-corrected chi connectivity index (χ2v) is 9.36. The largest absolute Gasteiger partial charge is 0.573 e. The molecular formula is C14H17F3N2O5S2. The topological polar surface area (TPSA) is 114 Å². The first-order valence-electron chi connectivity index (χ1n) is 7.50. The van der Waals surface area contributed by atoms with E-state index in [0.717, 1.165) is 31.0 Å². The van der Waals surface area contributed by atoms with Crippen molar-refractivity contribution in [3.05, 3.63) is 29.8 Å². The van der Waals surface area contributed by atoms with Crippen LogP contribution in [0.3, 0.4) is 0 Å². The summed E-state index contributed by atoms with van der Waals surface area (Å²) in [5, 5.41) is 0. The number of hydrogen-bond acceptors (Lipinski definition) is 5. The van der Waals surface area contributed by atoms with E-state index in [0.29, 0.717) is 12.5 Å². The molecule has 1 rings (SSSR count). The molecule has 0 bridgehead atoms. The summed E-state index contributed by atoms with van der Waals surface area (Å²) in [5.74, 6) is -1.74. The number of nitrogens with zero attached hydrogens (tertiary/aromatic N) is 2. The lowest BCUT2D eigenvalue weighted by Gasteiger charge is -2.12. The van der Waals surface area contributed by atoms with Crippen LogP contribution in [0.15, 0.2) is 29.2 Å². The molecule has 0 aliphatic carbocycles. The van der Waals surface area contributed by atoms with Gasteiger partial charge in [0.25, 0.3) is 19.7 Å². The standard InChI is InChI=1S/C14H17F3N2O5S2/c1-2-3-4-7-10-25(20,21)13(19-18)26(22,23)12-9-6-5-8-11(12)24-14(15,16)17/h5-6,8-9H,2-4,7,10H2,1H3. The summed E-state index contributed by atoms with van der Waals surface area (Å²) in [4.78, 5) is 1.28. The Kier molecular flexibility index (Phi) is 7.36. The highest BCUT2D eigenvalue weighted by Crippen LogP contribution is 2.31. The normalized spacial score (nSPS) is 12.5. The number of benzene rings is 1. The molecule has 7 nitrogen and oxygen atoms in total. The van der Waals surface area contributed by atoms with E-state index in [1.54, 1.807) is 0 Å². The molecule has 0 aromatic heterocycles. The van der Waals surface area contributed by atoms with Crippen LogP contribution in [0.5, 0.6) is 5.75 Å². The lowest BCUT2D eigenvalue weighted by Crippen LogP contribution is -2.29. The van der Waals surface area contributed by atoms with Crippen molar-refractivity contribution in [2.45, 2.75) is 43.9 Å². The number of unbranched alkanes of at least 4 members (excludes halogenated alkanes) is 3. The molecule has 0 radical (unpaired) electrons. The number of alkyl halides is 3. The van der Waals surface area contributed by atoms with Crippen LogP contribution in [0.25, 0.3) is 5.53 Å². The Morgan fingerprint density at radius 2 is 1.73 bits per heavy atom. The average Bonchev–Trinajstić information content (AvgIpc) is 2.50. The van der Waals surface area contributed by atoms with Gasteiger partial charge in [-0.1, -0.05) is 38.3 Å². The fourth-order valence-corrected chi connectivity index (χ4v) is 5.73. The number of rotatable bonds is 7. The average molecular weight is 414 g/mol. The second-order valence-electron chi connectivity index (χ2n) is 5.24. The van der Waals surface area contributed by atoms with Crippen molar-refractivity contribution in [2.75, 3.05) is 5.75 Å². The van der Waals surface area contributed by atoms with Crippen LogP contribution in [0.4, 0.5) is 13.2 Å². The van der Waals surface area contributed by atoms with Gasteiger partial charge in [0.05, 0.1) is 5.75 Å². The van der Waals surface area contributed by atoms with Gasteiger partial charge in [0.1, 0.15) is 10.6 Å². The summed E-state index contributed by atoms with van der Waals surface area (Å²) in [6.45, 7) is 1.89. The molecule has 146 valence electrons. The van der Waals surface area contributed by atoms with Gasteiger partial charge >= 0.3 is 10.7 Å². The zero-order valence-electron chi connectivity index (χ0n) is 13.7. The van der Waals surface area contributed by atoms with Gasteiger partial charge in [0, 0.05) is 0 Å². The summed E-state index contributed by atoms with van der Waals surface area (Å²) in [6.07, 6.45) is -3.05. The molecule has 0 amide bonds. The van der Waals surface area contributed by atoms with Crippen molar-refractivity contribution in [1.82, 2.24) is 0 Å². The Hall–Kier alpha value is -1.91. The zero-order valence-corrected chi connectivity index (χ0v) is 15.4. The Balaban J connectivity index is 3.30. The number of hydrogen-bond donors (Lipinski definition) is 0. The van der Waals surface area contributed by atoms with Gasteiger partial charge in [-0.3, -0.25) is 0 Å². The molecular weight excluding hydrogens is 397 g/mol. The number of sulfone groups is 2. The number of halogens is 3. The van der Waals surface area contributed by atoms with Crippen molar-refractivity contribution in [3.8, 4) is 5.75 Å². The van der Waals surface area contributed by atoms with Crippen LogP contribution >= 0.6 is 0 Å². The molecule has 26 heavy (non-hydrogen) atoms. The van der Waals surface area contributed by atoms with Crippen molar-refractivity contribution in [2.24, 2.45) is 0 Å². The Labute approximate surface area is 149 Å². The maximum atomic E-state index is 12.5. The fourth-order valence-electron chi connectivity index (χ4n) is 2.06. The zero-order chi connectivity index (χ0) is 20.0. The first kappa shape index (κ1) is 22.1. The van der Waals surface area contributed by atoms with Gasteiger partial charge in [-0.05, 0) is 18.6 Å². The fraction of sp³-hybridized carbons (Fsp3) is 0.500. The molecule has 0 spiro atoms. The SMILES string of the molecule is CCCCCCS(=O)(=O)C(=[N+]=[N-])S(=O)(=O)c1ccccc1OC(F)(F)F. The van der Waals surface area contributed by atoms with Crippen molar-refractivity contribution < 1.29 is 39.5 Å². The van der Waals surface area contributed by atoms with E-state index >= 15 is 0 Å². The molecule has 0 aliphatic rings. The molecule has 0 aliphatic heterocycles. The monoisotopic (exact) mass is 414 g/mol. The molecule has 0 N–H and O–H groups in total. The quantitative estimate of drug-likeness (QED) is 0.224. The first-order valence-corrected chi connectivity index (χ1v) is 10.6. The lowest BCUT2D eigenvalue weighted by molar-refractivity contribution is -0.275. The van der Waals surface area contributed by atoms with Crippen LogP contribution in [-0.4, -0.2) is 38.1 Å². The third kappa shape index (κ3) is 5.82. The molecule has 0 saturated carbocycles. The predicted molar refractivity (Wildman–Crippen MR) is 86.9 cm³/mol. The first-order chi connectivity index (χ1) is 12.0. The van der Waals surface area contributed by atoms with Gasteiger partial charge in [0.2, 0.25) is 0 Å². The van der Waals surface area contributed by atoms with E-state index in [1.165, 1.54) is 0 Å². The summed E-state index contributed by atoms with van der Waals surface area (Å²) < 4.78 is 88.8. The van der Waals surface area contributed by atoms with E-state index in [9.17, 15) is 30.0 Å². The molecule has 0 saturated heterocycles. The second kappa shape index (κ2) is 8.65. The van der Waals surface area contributed by atoms with E-state index < -0.39 is 46.8 Å². The van der Waals surface area contributed by atoms with E-state index in [-0.39, 0.29) is 6.42 Å². The van der Waals surface area contributed by atoms with Crippen LogP contribution in [0.1, 0.15) is 32.6 Å². The highest BCUT2D eigenvalue weighted by atomic mass is 32.3. The van der Waals surface area contributed by atoms with E-state index in [2.05, 4.69) is 9.53 Å². The summed E-state index contributed by atoms with van der Waals surface area (Å²) in [7, 11) is -9.61. The van der Waals surface area contributed by atoms with Gasteiger partial charge in [-0.25, -0.2) is 16.8 Å². The van der Waals surface area contributed by atoms with Gasteiger partial charge in [-0.2, -0.15) is 0 Å². The number of para-hydroxylation sites is 1. The molecule has 0 unspecified atom stereocenters. The van der Waals surface area contributed by atoms with E-state index in [4.69, 9.17) is 5.53 Å². The van der Waals surface area contributed by atoms with Crippen LogP contribution in [0, 0.1) is 0 Å². The highest BCUT2D eigenvalue weighted by molar-refractivity contribution is 8.31. The molecule has 1 aromatic carbocycles. The maximum Gasteiger partial charge on any atom is 0.573 e. The third-order valence-electron chi connectivity index (χ3n) is 3.21. The number of ether oxygens (including phenoxy) is 1. The van der Waals surface area contributed by atoms with Crippen molar-refractivity contribution in [3.63, 3.8) is 0 Å². The Bertz CT molecular complexity index is 889. The molecule has 0 atom stereocenters. The van der Waals surface area contributed by atoms with Crippen molar-refractivity contribution in [1.29, 1.82) is 0 Å². The summed E-state index contributed by atoms with van der Waals surface area (Å²) in [5.41, 5.74) is 8.95. The minimum atomic E-state index is -5.19. The Morgan fingerprint density at radius 3 is 2.27 bits per heavy atom. The highest BCUT2D eigenvalue weighted by Gasteiger charge is 2.45. The van der Waals surface area contributed by atoms with E-state index in [1.807, 2.05) is 6.92 Å². The van der Waals surface area contributed by atoms with Crippen LogP contribution < -0.4 is 4.74 Å². The maximum absolute atomic E-state index is 12.5. The smallest absolute Gasteiger partial charge is 0.404 e.